The molecule has 0 spiro atoms. The molecule has 0 atom stereocenters. The largest absolute Gasteiger partial charge is 0.385 e. The third kappa shape index (κ3) is 7.32. The summed E-state index contributed by atoms with van der Waals surface area (Å²) in [5, 5.41) is 7.84. The van der Waals surface area contributed by atoms with E-state index in [4.69, 9.17) is 9.84 Å². The van der Waals surface area contributed by atoms with Crippen LogP contribution in [0, 0.1) is 6.92 Å². The van der Waals surface area contributed by atoms with Crippen molar-refractivity contribution in [2.24, 2.45) is 0 Å². The predicted molar refractivity (Wildman–Crippen MR) is 153 cm³/mol. The third-order valence-electron chi connectivity index (χ3n) is 6.48. The first kappa shape index (κ1) is 29.1. The van der Waals surface area contributed by atoms with Crippen molar-refractivity contribution in [3.63, 3.8) is 0 Å². The van der Waals surface area contributed by atoms with Crippen molar-refractivity contribution in [1.82, 2.24) is 14.7 Å². The second-order valence-electron chi connectivity index (χ2n) is 11.8. The van der Waals surface area contributed by atoms with Crippen LogP contribution in [0.15, 0.2) is 54.6 Å². The maximum Gasteiger partial charge on any atom is 0.254 e. The highest BCUT2D eigenvalue weighted by molar-refractivity contribution is 5.99. The fraction of sp³-hybridized carbons (Fsp3) is 0.452. The summed E-state index contributed by atoms with van der Waals surface area (Å²) >= 11 is 0. The molecule has 7 nitrogen and oxygen atoms in total. The quantitative estimate of drug-likeness (QED) is 0.358. The van der Waals surface area contributed by atoms with E-state index in [9.17, 15) is 9.59 Å². The van der Waals surface area contributed by atoms with Crippen molar-refractivity contribution >= 4 is 17.6 Å². The van der Waals surface area contributed by atoms with Gasteiger partial charge in [0, 0.05) is 37.3 Å². The molecule has 0 saturated heterocycles. The number of nitrogens with zero attached hydrogens (tertiary/aromatic N) is 3. The summed E-state index contributed by atoms with van der Waals surface area (Å²) in [5.41, 5.74) is 4.30. The number of ether oxygens (including phenoxy) is 1. The molecule has 0 saturated carbocycles. The average Bonchev–Trinajstić information content (AvgIpc) is 3.27. The Morgan fingerprint density at radius 3 is 2.21 bits per heavy atom. The highest BCUT2D eigenvalue weighted by Gasteiger charge is 2.24. The first-order valence-electron chi connectivity index (χ1n) is 13.2. The summed E-state index contributed by atoms with van der Waals surface area (Å²) in [6, 6.07) is 17.5. The van der Waals surface area contributed by atoms with Crippen LogP contribution in [0.4, 0.5) is 5.82 Å². The molecule has 0 radical (unpaired) electrons. The maximum atomic E-state index is 13.4. The summed E-state index contributed by atoms with van der Waals surface area (Å²) in [5.74, 6) is 0.116. The molecular weight excluding hydrogens is 476 g/mol. The van der Waals surface area contributed by atoms with Gasteiger partial charge in [-0.2, -0.15) is 5.10 Å². The fourth-order valence-corrected chi connectivity index (χ4v) is 4.12. The molecule has 0 bridgehead atoms. The molecule has 0 unspecified atom stereocenters. The van der Waals surface area contributed by atoms with Crippen molar-refractivity contribution in [2.75, 3.05) is 32.1 Å². The van der Waals surface area contributed by atoms with E-state index >= 15 is 0 Å². The summed E-state index contributed by atoms with van der Waals surface area (Å²) in [6.45, 7) is 15.5. The fourth-order valence-electron chi connectivity index (χ4n) is 4.12. The molecule has 204 valence electrons. The minimum absolute atomic E-state index is 0.00835. The number of hydrogen-bond donors (Lipinski definition) is 1. The molecule has 1 aromatic heterocycles. The maximum absolute atomic E-state index is 13.4. The van der Waals surface area contributed by atoms with E-state index in [1.54, 1.807) is 16.7 Å². The van der Waals surface area contributed by atoms with Crippen molar-refractivity contribution < 1.29 is 14.3 Å². The Bertz CT molecular complexity index is 1250. The Balaban J connectivity index is 1.86. The van der Waals surface area contributed by atoms with Gasteiger partial charge in [0.05, 0.1) is 11.4 Å². The van der Waals surface area contributed by atoms with E-state index in [1.165, 1.54) is 0 Å². The van der Waals surface area contributed by atoms with Crippen LogP contribution < -0.4 is 5.32 Å². The minimum Gasteiger partial charge on any atom is -0.385 e. The highest BCUT2D eigenvalue weighted by Crippen LogP contribution is 2.27. The summed E-state index contributed by atoms with van der Waals surface area (Å²) in [7, 11) is 1.63. The smallest absolute Gasteiger partial charge is 0.254 e. The lowest BCUT2D eigenvalue weighted by atomic mass is 9.86. The zero-order valence-electron chi connectivity index (χ0n) is 24.1. The molecule has 38 heavy (non-hydrogen) atoms. The van der Waals surface area contributed by atoms with E-state index in [1.807, 2.05) is 61.5 Å². The van der Waals surface area contributed by atoms with Gasteiger partial charge in [-0.05, 0) is 48.1 Å². The lowest BCUT2D eigenvalue weighted by molar-refractivity contribution is -0.117. The standard InChI is InChI=1S/C31H42N4O3/c1-22-12-9-10-13-25(22)35-27(20-26(33-35)31(5,6)7)32-28(36)21-34(18-11-19-38-8)29(37)23-14-16-24(17-15-23)30(2,3)4/h9-10,12-17,20H,11,18-19,21H2,1-8H3,(H,32,36). The van der Waals surface area contributed by atoms with Gasteiger partial charge in [-0.1, -0.05) is 71.9 Å². The SMILES string of the molecule is COCCCN(CC(=O)Nc1cc(C(C)(C)C)nn1-c1ccccc1C)C(=O)c1ccc(C(C)(C)C)cc1. The molecule has 2 aromatic carbocycles. The van der Waals surface area contributed by atoms with Crippen LogP contribution in [0.1, 0.15) is 75.1 Å². The Morgan fingerprint density at radius 1 is 0.974 bits per heavy atom. The van der Waals surface area contributed by atoms with Crippen LogP contribution in [0.2, 0.25) is 0 Å². The highest BCUT2D eigenvalue weighted by atomic mass is 16.5. The van der Waals surface area contributed by atoms with E-state index in [0.29, 0.717) is 31.0 Å². The monoisotopic (exact) mass is 518 g/mol. The number of methoxy groups -OCH3 is 1. The Kier molecular flexibility index (Phi) is 9.15. The van der Waals surface area contributed by atoms with Gasteiger partial charge in [-0.25, -0.2) is 4.68 Å². The number of carbonyl (C=O) groups excluding carboxylic acids is 2. The number of hydrogen-bond acceptors (Lipinski definition) is 4. The number of nitrogens with one attached hydrogen (secondary N) is 1. The van der Waals surface area contributed by atoms with Crippen molar-refractivity contribution in [3.05, 3.63) is 77.0 Å². The Labute approximate surface area is 227 Å². The zero-order chi connectivity index (χ0) is 28.1. The first-order chi connectivity index (χ1) is 17.8. The second-order valence-corrected chi connectivity index (χ2v) is 11.8. The summed E-state index contributed by atoms with van der Waals surface area (Å²) < 4.78 is 6.97. The number of aryl methyl sites for hydroxylation is 1. The van der Waals surface area contributed by atoms with Crippen LogP contribution in [-0.4, -0.2) is 53.3 Å². The number of aromatic nitrogens is 2. The van der Waals surface area contributed by atoms with Gasteiger partial charge in [0.2, 0.25) is 5.91 Å². The molecule has 3 rings (SSSR count). The molecule has 3 aromatic rings. The van der Waals surface area contributed by atoms with Crippen LogP contribution in [-0.2, 0) is 20.4 Å². The number of rotatable bonds is 9. The first-order valence-corrected chi connectivity index (χ1v) is 13.2. The van der Waals surface area contributed by atoms with Gasteiger partial charge in [-0.15, -0.1) is 0 Å². The van der Waals surface area contributed by atoms with Gasteiger partial charge in [0.25, 0.3) is 5.91 Å². The van der Waals surface area contributed by atoms with E-state index in [-0.39, 0.29) is 29.2 Å². The molecule has 0 aliphatic rings. The van der Waals surface area contributed by atoms with Gasteiger partial charge < -0.3 is 15.0 Å². The summed E-state index contributed by atoms with van der Waals surface area (Å²) in [6.07, 6.45) is 0.630. The van der Waals surface area contributed by atoms with E-state index in [0.717, 1.165) is 22.5 Å². The lowest BCUT2D eigenvalue weighted by Gasteiger charge is -2.23. The van der Waals surface area contributed by atoms with Gasteiger partial charge in [-0.3, -0.25) is 9.59 Å². The molecule has 0 fully saturated rings. The van der Waals surface area contributed by atoms with Crippen molar-refractivity contribution in [2.45, 2.75) is 65.7 Å². The van der Waals surface area contributed by atoms with Crippen molar-refractivity contribution in [3.8, 4) is 5.69 Å². The molecule has 0 aliphatic heterocycles. The second kappa shape index (κ2) is 11.9. The topological polar surface area (TPSA) is 76.5 Å². The van der Waals surface area contributed by atoms with Crippen LogP contribution in [0.3, 0.4) is 0 Å². The number of carbonyl (C=O) groups is 2. The van der Waals surface area contributed by atoms with Gasteiger partial charge in [0.15, 0.2) is 0 Å². The van der Waals surface area contributed by atoms with Gasteiger partial charge in [0.1, 0.15) is 12.4 Å². The Morgan fingerprint density at radius 2 is 1.63 bits per heavy atom. The molecule has 0 aliphatic carbocycles. The lowest BCUT2D eigenvalue weighted by Crippen LogP contribution is -2.39. The predicted octanol–water partition coefficient (Wildman–Crippen LogP) is 5.89. The number of para-hydroxylation sites is 1. The van der Waals surface area contributed by atoms with Crippen LogP contribution in [0.25, 0.3) is 5.69 Å². The molecular formula is C31H42N4O3. The normalized spacial score (nSPS) is 11.9. The average molecular weight is 519 g/mol. The molecule has 7 heteroatoms. The molecule has 1 heterocycles. The van der Waals surface area contributed by atoms with Crippen LogP contribution >= 0.6 is 0 Å². The zero-order valence-corrected chi connectivity index (χ0v) is 24.1. The summed E-state index contributed by atoms with van der Waals surface area (Å²) in [4.78, 5) is 28.4. The number of anilines is 1. The third-order valence-corrected chi connectivity index (χ3v) is 6.48. The molecule has 2 amide bonds. The van der Waals surface area contributed by atoms with E-state index < -0.39 is 0 Å². The van der Waals surface area contributed by atoms with Crippen molar-refractivity contribution in [1.29, 1.82) is 0 Å². The number of amides is 2. The van der Waals surface area contributed by atoms with E-state index in [2.05, 4.69) is 46.9 Å². The minimum atomic E-state index is -0.280. The van der Waals surface area contributed by atoms with Crippen LogP contribution in [0.5, 0.6) is 0 Å². The molecule has 1 N–H and O–H groups in total. The Hall–Kier alpha value is -3.45. The van der Waals surface area contributed by atoms with Gasteiger partial charge >= 0.3 is 0 Å². The number of benzene rings is 2.